The van der Waals surface area contributed by atoms with Crippen LogP contribution in [0.1, 0.15) is 38.2 Å². The molecule has 0 aromatic heterocycles. The van der Waals surface area contributed by atoms with Gasteiger partial charge in [0, 0.05) is 10.7 Å². The number of aryl methyl sites for hydroxylation is 1. The zero-order valence-electron chi connectivity index (χ0n) is 15.9. The topological polar surface area (TPSA) is 92.8 Å². The third-order valence-electron chi connectivity index (χ3n) is 5.42. The van der Waals surface area contributed by atoms with Crippen LogP contribution in [0, 0.1) is 18.8 Å². The summed E-state index contributed by atoms with van der Waals surface area (Å²) in [7, 11) is 0. The molecular formula is C20H23ClN2O5. The highest BCUT2D eigenvalue weighted by atomic mass is 35.5. The fraction of sp³-hybridized carbons (Fsp3) is 0.500. The van der Waals surface area contributed by atoms with Gasteiger partial charge >= 0.3 is 5.97 Å². The molecule has 8 heteroatoms. The predicted molar refractivity (Wildman–Crippen MR) is 103 cm³/mol. The molecule has 1 aromatic carbocycles. The van der Waals surface area contributed by atoms with Gasteiger partial charge in [-0.3, -0.25) is 19.3 Å². The van der Waals surface area contributed by atoms with Crippen LogP contribution in [0.4, 0.5) is 5.69 Å². The van der Waals surface area contributed by atoms with E-state index in [9.17, 15) is 19.2 Å². The number of imide groups is 1. The van der Waals surface area contributed by atoms with Gasteiger partial charge in [0.2, 0.25) is 11.8 Å². The van der Waals surface area contributed by atoms with E-state index in [2.05, 4.69) is 5.32 Å². The lowest BCUT2D eigenvalue weighted by Gasteiger charge is -2.21. The number of carbonyl (C=O) groups excluding carboxylic acids is 4. The molecule has 1 saturated heterocycles. The zero-order chi connectivity index (χ0) is 20.4. The highest BCUT2D eigenvalue weighted by molar-refractivity contribution is 6.31. The SMILES string of the molecule is Cc1ccc(Cl)cc1NC(=O)COC(=O)[C@H](C)N1C(=O)[C@H]2CCCC[C@@H]2C1=O. The van der Waals surface area contributed by atoms with Crippen molar-refractivity contribution < 1.29 is 23.9 Å². The van der Waals surface area contributed by atoms with Crippen LogP contribution in [0.5, 0.6) is 0 Å². The molecule has 0 radical (unpaired) electrons. The number of halogens is 1. The molecular weight excluding hydrogens is 384 g/mol. The number of hydrogen-bond donors (Lipinski definition) is 1. The number of ether oxygens (including phenoxy) is 1. The van der Waals surface area contributed by atoms with Gasteiger partial charge in [-0.05, 0) is 44.4 Å². The van der Waals surface area contributed by atoms with E-state index in [1.54, 1.807) is 18.2 Å². The van der Waals surface area contributed by atoms with Crippen LogP contribution in [-0.2, 0) is 23.9 Å². The molecule has 2 aliphatic rings. The van der Waals surface area contributed by atoms with Crippen molar-refractivity contribution in [1.82, 2.24) is 4.90 Å². The summed E-state index contributed by atoms with van der Waals surface area (Å²) in [5, 5.41) is 3.10. The zero-order valence-corrected chi connectivity index (χ0v) is 16.6. The summed E-state index contributed by atoms with van der Waals surface area (Å²) >= 11 is 5.92. The second-order valence-corrected chi connectivity index (χ2v) is 7.77. The van der Waals surface area contributed by atoms with E-state index in [1.807, 2.05) is 6.92 Å². The largest absolute Gasteiger partial charge is 0.454 e. The Hall–Kier alpha value is -2.41. The minimum absolute atomic E-state index is 0.307. The number of nitrogens with one attached hydrogen (secondary N) is 1. The molecule has 0 unspecified atom stereocenters. The maximum atomic E-state index is 12.6. The number of amides is 3. The molecule has 150 valence electrons. The lowest BCUT2D eigenvalue weighted by atomic mass is 9.81. The highest BCUT2D eigenvalue weighted by Gasteiger charge is 2.51. The van der Waals surface area contributed by atoms with Gasteiger partial charge in [-0.2, -0.15) is 0 Å². The quantitative estimate of drug-likeness (QED) is 0.599. The van der Waals surface area contributed by atoms with Crippen LogP contribution >= 0.6 is 11.6 Å². The van der Waals surface area contributed by atoms with E-state index in [1.165, 1.54) is 6.92 Å². The average Bonchev–Trinajstić information content (AvgIpc) is 2.93. The summed E-state index contributed by atoms with van der Waals surface area (Å²) in [5.74, 6) is -2.58. The molecule has 3 rings (SSSR count). The summed E-state index contributed by atoms with van der Waals surface area (Å²) in [6.45, 7) is 2.75. The van der Waals surface area contributed by atoms with E-state index in [0.29, 0.717) is 23.6 Å². The second-order valence-electron chi connectivity index (χ2n) is 7.34. The van der Waals surface area contributed by atoms with Gasteiger partial charge in [0.25, 0.3) is 5.91 Å². The molecule has 1 aliphatic carbocycles. The second kappa shape index (κ2) is 8.31. The summed E-state index contributed by atoms with van der Waals surface area (Å²) in [5.41, 5.74) is 1.34. The first-order valence-corrected chi connectivity index (χ1v) is 9.77. The molecule has 1 aromatic rings. The predicted octanol–water partition coefficient (Wildman–Crippen LogP) is 2.69. The van der Waals surface area contributed by atoms with Crippen molar-refractivity contribution in [2.45, 2.75) is 45.6 Å². The number of esters is 1. The number of likely N-dealkylation sites (tertiary alicyclic amines) is 1. The summed E-state index contributed by atoms with van der Waals surface area (Å²) in [4.78, 5) is 50.5. The molecule has 0 spiro atoms. The van der Waals surface area contributed by atoms with E-state index in [0.717, 1.165) is 23.3 Å². The first-order chi connectivity index (χ1) is 13.3. The molecule has 1 aliphatic heterocycles. The Morgan fingerprint density at radius 3 is 2.43 bits per heavy atom. The first kappa shape index (κ1) is 20.3. The van der Waals surface area contributed by atoms with Crippen LogP contribution in [-0.4, -0.2) is 41.2 Å². The molecule has 28 heavy (non-hydrogen) atoms. The Balaban J connectivity index is 1.57. The molecule has 3 amide bonds. The fourth-order valence-electron chi connectivity index (χ4n) is 3.85. The van der Waals surface area contributed by atoms with Crippen LogP contribution in [0.3, 0.4) is 0 Å². The number of rotatable bonds is 5. The third-order valence-corrected chi connectivity index (χ3v) is 5.66. The van der Waals surface area contributed by atoms with Crippen molar-refractivity contribution in [3.8, 4) is 0 Å². The lowest BCUT2D eigenvalue weighted by molar-refractivity contribution is -0.159. The Kier molecular flexibility index (Phi) is 6.03. The normalized spacial score (nSPS) is 22.6. The van der Waals surface area contributed by atoms with Gasteiger partial charge in [0.1, 0.15) is 6.04 Å². The lowest BCUT2D eigenvalue weighted by Crippen LogP contribution is -2.45. The van der Waals surface area contributed by atoms with Crippen molar-refractivity contribution >= 4 is 41.0 Å². The van der Waals surface area contributed by atoms with Gasteiger partial charge in [-0.25, -0.2) is 4.79 Å². The molecule has 1 N–H and O–H groups in total. The third kappa shape index (κ3) is 4.04. The van der Waals surface area contributed by atoms with E-state index < -0.39 is 24.5 Å². The molecule has 0 bridgehead atoms. The standard InChI is InChI=1S/C20H23ClN2O5/c1-11-7-8-13(21)9-16(11)22-17(24)10-28-20(27)12(2)23-18(25)14-5-3-4-6-15(14)19(23)26/h7-9,12,14-15H,3-6,10H2,1-2H3,(H,22,24)/t12-,14-,15-/m0/s1. The van der Waals surface area contributed by atoms with Crippen molar-refractivity contribution in [2.75, 3.05) is 11.9 Å². The van der Waals surface area contributed by atoms with E-state index in [4.69, 9.17) is 16.3 Å². The molecule has 1 saturated carbocycles. The van der Waals surface area contributed by atoms with E-state index >= 15 is 0 Å². The van der Waals surface area contributed by atoms with Crippen LogP contribution < -0.4 is 5.32 Å². The average molecular weight is 407 g/mol. The van der Waals surface area contributed by atoms with Crippen LogP contribution in [0.15, 0.2) is 18.2 Å². The van der Waals surface area contributed by atoms with Crippen molar-refractivity contribution in [3.05, 3.63) is 28.8 Å². The van der Waals surface area contributed by atoms with Crippen LogP contribution in [0.2, 0.25) is 5.02 Å². The Morgan fingerprint density at radius 2 is 1.82 bits per heavy atom. The Labute approximate surface area is 168 Å². The smallest absolute Gasteiger partial charge is 0.329 e. The Bertz CT molecular complexity index is 801. The molecule has 3 atom stereocenters. The Morgan fingerprint density at radius 1 is 1.21 bits per heavy atom. The molecule has 2 fully saturated rings. The van der Waals surface area contributed by atoms with Gasteiger partial charge in [0.15, 0.2) is 6.61 Å². The maximum Gasteiger partial charge on any atom is 0.329 e. The minimum Gasteiger partial charge on any atom is -0.454 e. The monoisotopic (exact) mass is 406 g/mol. The van der Waals surface area contributed by atoms with Crippen molar-refractivity contribution in [2.24, 2.45) is 11.8 Å². The fourth-order valence-corrected chi connectivity index (χ4v) is 4.02. The van der Waals surface area contributed by atoms with Gasteiger partial charge in [0.05, 0.1) is 11.8 Å². The first-order valence-electron chi connectivity index (χ1n) is 9.39. The number of nitrogens with zero attached hydrogens (tertiary/aromatic N) is 1. The van der Waals surface area contributed by atoms with Crippen molar-refractivity contribution in [3.63, 3.8) is 0 Å². The number of benzene rings is 1. The molecule has 1 heterocycles. The number of fused-ring (bicyclic) bond motifs is 1. The van der Waals surface area contributed by atoms with Gasteiger partial charge in [-0.15, -0.1) is 0 Å². The van der Waals surface area contributed by atoms with Gasteiger partial charge in [-0.1, -0.05) is 30.5 Å². The molecule has 7 nitrogen and oxygen atoms in total. The maximum absolute atomic E-state index is 12.6. The summed E-state index contributed by atoms with van der Waals surface area (Å²) in [6, 6.07) is 4.01. The number of carbonyl (C=O) groups is 4. The summed E-state index contributed by atoms with van der Waals surface area (Å²) in [6.07, 6.45) is 3.18. The highest BCUT2D eigenvalue weighted by Crippen LogP contribution is 2.38. The number of anilines is 1. The minimum atomic E-state index is -1.05. The van der Waals surface area contributed by atoms with E-state index in [-0.39, 0.29) is 23.7 Å². The van der Waals surface area contributed by atoms with Crippen molar-refractivity contribution in [1.29, 1.82) is 0 Å². The number of hydrogen-bond acceptors (Lipinski definition) is 5. The van der Waals surface area contributed by atoms with Crippen LogP contribution in [0.25, 0.3) is 0 Å². The summed E-state index contributed by atoms with van der Waals surface area (Å²) < 4.78 is 5.04. The van der Waals surface area contributed by atoms with Gasteiger partial charge < -0.3 is 10.1 Å².